The van der Waals surface area contributed by atoms with Crippen molar-refractivity contribution in [2.45, 2.75) is 23.1 Å². The molecule has 2 aromatic rings. The molecule has 0 aliphatic carbocycles. The fraction of sp³-hybridized carbons (Fsp3) is 0.364. The zero-order chi connectivity index (χ0) is 13.1. The van der Waals surface area contributed by atoms with E-state index >= 15 is 0 Å². The molecule has 7 heteroatoms. The zero-order valence-electron chi connectivity index (χ0n) is 10.4. The van der Waals surface area contributed by atoms with E-state index in [1.54, 1.807) is 25.8 Å². The van der Waals surface area contributed by atoms with Crippen LogP contribution in [0.4, 0.5) is 0 Å². The molecule has 2 rings (SSSR count). The molecule has 0 spiro atoms. The molecule has 0 bridgehead atoms. The van der Waals surface area contributed by atoms with Crippen molar-refractivity contribution in [1.82, 2.24) is 20.2 Å². The van der Waals surface area contributed by atoms with Crippen molar-refractivity contribution in [2.24, 2.45) is 7.05 Å². The SMILES string of the molecule is COc1cccc(Sc2nnnn2C)c1[C@@H](C)O. The predicted octanol–water partition coefficient (Wildman–Crippen LogP) is 1.42. The average Bonchev–Trinajstić information content (AvgIpc) is 2.74. The molecular formula is C11H14N4O2S. The van der Waals surface area contributed by atoms with Crippen molar-refractivity contribution in [2.75, 3.05) is 7.11 Å². The van der Waals surface area contributed by atoms with Gasteiger partial charge in [0.05, 0.1) is 13.2 Å². The van der Waals surface area contributed by atoms with Gasteiger partial charge in [-0.15, -0.1) is 5.10 Å². The molecule has 1 atom stereocenters. The van der Waals surface area contributed by atoms with E-state index in [1.807, 2.05) is 18.2 Å². The Balaban J connectivity index is 2.41. The van der Waals surface area contributed by atoms with Gasteiger partial charge >= 0.3 is 0 Å². The van der Waals surface area contributed by atoms with Crippen LogP contribution in [0.15, 0.2) is 28.3 Å². The van der Waals surface area contributed by atoms with Gasteiger partial charge in [-0.25, -0.2) is 4.68 Å². The summed E-state index contributed by atoms with van der Waals surface area (Å²) >= 11 is 1.39. The summed E-state index contributed by atoms with van der Waals surface area (Å²) < 4.78 is 6.84. The number of aliphatic hydroxyl groups is 1. The molecule has 1 N–H and O–H groups in total. The van der Waals surface area contributed by atoms with E-state index < -0.39 is 6.10 Å². The minimum absolute atomic E-state index is 0.621. The Hall–Kier alpha value is -1.60. The summed E-state index contributed by atoms with van der Waals surface area (Å²) in [5.74, 6) is 0.658. The predicted molar refractivity (Wildman–Crippen MR) is 66.5 cm³/mol. The Morgan fingerprint density at radius 3 is 2.78 bits per heavy atom. The molecule has 18 heavy (non-hydrogen) atoms. The fourth-order valence-electron chi connectivity index (χ4n) is 1.61. The molecule has 0 aliphatic rings. The standard InChI is InChI=1S/C11H14N4O2S/c1-7(16)10-8(17-3)5-4-6-9(10)18-11-12-13-14-15(11)2/h4-7,16H,1-3H3/t7-/m1/s1. The average molecular weight is 266 g/mol. The quantitative estimate of drug-likeness (QED) is 0.902. The Morgan fingerprint density at radius 2 is 2.22 bits per heavy atom. The van der Waals surface area contributed by atoms with Gasteiger partial charge in [-0.05, 0) is 41.2 Å². The van der Waals surface area contributed by atoms with Crippen molar-refractivity contribution in [3.63, 3.8) is 0 Å². The van der Waals surface area contributed by atoms with E-state index in [2.05, 4.69) is 15.5 Å². The Labute approximate surface area is 109 Å². The third-order valence-electron chi connectivity index (χ3n) is 2.45. The van der Waals surface area contributed by atoms with Crippen LogP contribution in [0.3, 0.4) is 0 Å². The van der Waals surface area contributed by atoms with E-state index in [9.17, 15) is 5.11 Å². The lowest BCUT2D eigenvalue weighted by atomic mass is 10.1. The number of tetrazole rings is 1. The molecule has 0 unspecified atom stereocenters. The van der Waals surface area contributed by atoms with Crippen LogP contribution in [0.2, 0.25) is 0 Å². The summed E-state index contributed by atoms with van der Waals surface area (Å²) in [5, 5.41) is 21.8. The van der Waals surface area contributed by atoms with E-state index in [1.165, 1.54) is 11.8 Å². The van der Waals surface area contributed by atoms with Gasteiger partial charge in [-0.1, -0.05) is 6.07 Å². The lowest BCUT2D eigenvalue weighted by Crippen LogP contribution is -2.00. The summed E-state index contributed by atoms with van der Waals surface area (Å²) in [7, 11) is 3.35. The van der Waals surface area contributed by atoms with Crippen molar-refractivity contribution in [3.05, 3.63) is 23.8 Å². The van der Waals surface area contributed by atoms with Crippen molar-refractivity contribution < 1.29 is 9.84 Å². The van der Waals surface area contributed by atoms with Crippen LogP contribution >= 0.6 is 11.8 Å². The summed E-state index contributed by atoms with van der Waals surface area (Å²) in [6.07, 6.45) is -0.621. The van der Waals surface area contributed by atoms with E-state index in [4.69, 9.17) is 4.74 Å². The second kappa shape index (κ2) is 5.36. The first kappa shape index (κ1) is 12.8. The first-order chi connectivity index (χ1) is 8.63. The molecule has 1 heterocycles. The van der Waals surface area contributed by atoms with Crippen LogP contribution in [0.25, 0.3) is 0 Å². The highest BCUT2D eigenvalue weighted by atomic mass is 32.2. The van der Waals surface area contributed by atoms with Crippen LogP contribution in [0, 0.1) is 0 Å². The third-order valence-corrected chi connectivity index (χ3v) is 3.55. The van der Waals surface area contributed by atoms with Crippen LogP contribution in [-0.4, -0.2) is 32.4 Å². The monoisotopic (exact) mass is 266 g/mol. The second-order valence-electron chi connectivity index (χ2n) is 3.74. The number of aromatic nitrogens is 4. The first-order valence-electron chi connectivity index (χ1n) is 5.38. The van der Waals surface area contributed by atoms with Crippen molar-refractivity contribution in [1.29, 1.82) is 0 Å². The number of aliphatic hydroxyl groups excluding tert-OH is 1. The van der Waals surface area contributed by atoms with E-state index in [0.717, 1.165) is 10.5 Å². The molecule has 0 aliphatic heterocycles. The minimum Gasteiger partial charge on any atom is -0.496 e. The van der Waals surface area contributed by atoms with Crippen molar-refractivity contribution >= 4 is 11.8 Å². The summed E-state index contributed by atoms with van der Waals surface area (Å²) in [5.41, 5.74) is 0.744. The number of hydrogen-bond donors (Lipinski definition) is 1. The highest BCUT2D eigenvalue weighted by Crippen LogP contribution is 2.37. The van der Waals surface area contributed by atoms with Gasteiger partial charge in [0, 0.05) is 17.5 Å². The van der Waals surface area contributed by atoms with Crippen LogP contribution in [0.1, 0.15) is 18.6 Å². The van der Waals surface area contributed by atoms with Crippen LogP contribution in [-0.2, 0) is 7.05 Å². The normalized spacial score (nSPS) is 12.4. The number of nitrogens with zero attached hydrogens (tertiary/aromatic N) is 4. The maximum absolute atomic E-state index is 9.86. The molecule has 1 aromatic carbocycles. The molecule has 6 nitrogen and oxygen atoms in total. The molecule has 0 fully saturated rings. The first-order valence-corrected chi connectivity index (χ1v) is 6.20. The lowest BCUT2D eigenvalue weighted by Gasteiger charge is -2.14. The van der Waals surface area contributed by atoms with Gasteiger partial charge in [-0.2, -0.15) is 0 Å². The van der Waals surface area contributed by atoms with E-state index in [-0.39, 0.29) is 0 Å². The molecule has 0 amide bonds. The summed E-state index contributed by atoms with van der Waals surface area (Å²) in [6.45, 7) is 1.71. The van der Waals surface area contributed by atoms with Gasteiger partial charge in [0.25, 0.3) is 0 Å². The third kappa shape index (κ3) is 2.46. The van der Waals surface area contributed by atoms with Gasteiger partial charge < -0.3 is 9.84 Å². The number of rotatable bonds is 4. The zero-order valence-corrected chi connectivity index (χ0v) is 11.2. The van der Waals surface area contributed by atoms with Crippen LogP contribution in [0.5, 0.6) is 5.75 Å². The molecule has 0 saturated heterocycles. The maximum atomic E-state index is 9.86. The molecule has 96 valence electrons. The molecule has 0 radical (unpaired) electrons. The Kier molecular flexibility index (Phi) is 3.83. The topological polar surface area (TPSA) is 73.1 Å². The molecular weight excluding hydrogens is 252 g/mol. The largest absolute Gasteiger partial charge is 0.496 e. The summed E-state index contributed by atoms with van der Waals surface area (Å²) in [6, 6.07) is 5.60. The highest BCUT2D eigenvalue weighted by Gasteiger charge is 2.16. The fourth-order valence-corrected chi connectivity index (χ4v) is 2.58. The number of aryl methyl sites for hydroxylation is 1. The van der Waals surface area contributed by atoms with Crippen molar-refractivity contribution in [3.8, 4) is 5.75 Å². The lowest BCUT2D eigenvalue weighted by molar-refractivity contribution is 0.191. The van der Waals surface area contributed by atoms with E-state index in [0.29, 0.717) is 10.9 Å². The Morgan fingerprint density at radius 1 is 1.44 bits per heavy atom. The number of methoxy groups -OCH3 is 1. The molecule has 0 saturated carbocycles. The smallest absolute Gasteiger partial charge is 0.213 e. The number of ether oxygens (including phenoxy) is 1. The van der Waals surface area contributed by atoms with Gasteiger partial charge in [0.1, 0.15) is 5.75 Å². The number of benzene rings is 1. The van der Waals surface area contributed by atoms with Gasteiger partial charge in [0.15, 0.2) is 0 Å². The highest BCUT2D eigenvalue weighted by molar-refractivity contribution is 7.99. The Bertz CT molecular complexity index is 542. The van der Waals surface area contributed by atoms with Gasteiger partial charge in [0.2, 0.25) is 5.16 Å². The number of hydrogen-bond acceptors (Lipinski definition) is 6. The summed E-state index contributed by atoms with van der Waals surface area (Å²) in [4.78, 5) is 0.877. The second-order valence-corrected chi connectivity index (χ2v) is 4.74. The van der Waals surface area contributed by atoms with Crippen LogP contribution < -0.4 is 4.74 Å². The van der Waals surface area contributed by atoms with Gasteiger partial charge in [-0.3, -0.25) is 0 Å². The minimum atomic E-state index is -0.621. The maximum Gasteiger partial charge on any atom is 0.213 e. The molecule has 1 aromatic heterocycles.